The molecule has 0 spiro atoms. The highest BCUT2D eigenvalue weighted by Crippen LogP contribution is 2.34. The molecule has 3 aromatic carbocycles. The number of allylic oxidation sites excluding steroid dienone is 4. The summed E-state index contributed by atoms with van der Waals surface area (Å²) in [6, 6.07) is 9.25. The number of alkyl halides is 1. The van der Waals surface area contributed by atoms with Crippen LogP contribution in [0.2, 0.25) is 30.1 Å². The number of hydrogen-bond acceptors (Lipinski definition) is 3. The zero-order valence-electron chi connectivity index (χ0n) is 20.5. The molecule has 6 nitrogen and oxygen atoms in total. The second kappa shape index (κ2) is 13.9. The first-order valence-electron chi connectivity index (χ1n) is 11.5. The molecule has 0 saturated heterocycles. The van der Waals surface area contributed by atoms with E-state index in [2.05, 4.69) is 16.0 Å². The number of hydrogen-bond donors (Lipinski definition) is 3. The Morgan fingerprint density at radius 2 is 0.929 bits per heavy atom. The standard InChI is InChI=1S/C27H14Cl9N3O3/c28-13-4-19(34)22(7-16(13)31)37-25(40)10-1-11(26(41)38-23-8-17(32)14(29)5-20(23)35)3-12(2-10)27(42)39-24-9-18(33)15(30)6-21(24)36/h1-8,18H,9H2,(H,37,40)(H,38,41)(H,39,42). The number of amides is 3. The molecule has 15 heteroatoms. The summed E-state index contributed by atoms with van der Waals surface area (Å²) in [6.45, 7) is 0. The van der Waals surface area contributed by atoms with Gasteiger partial charge >= 0.3 is 0 Å². The molecule has 3 N–H and O–H groups in total. The summed E-state index contributed by atoms with van der Waals surface area (Å²) >= 11 is 55.0. The molecule has 218 valence electrons. The van der Waals surface area contributed by atoms with Crippen LogP contribution in [0.1, 0.15) is 37.5 Å². The summed E-state index contributed by atoms with van der Waals surface area (Å²) in [4.78, 5) is 39.9. The Balaban J connectivity index is 1.71. The molecule has 0 bridgehead atoms. The van der Waals surface area contributed by atoms with Crippen molar-refractivity contribution < 1.29 is 14.4 Å². The van der Waals surface area contributed by atoms with Crippen LogP contribution in [0.3, 0.4) is 0 Å². The van der Waals surface area contributed by atoms with Crippen LogP contribution in [0.5, 0.6) is 0 Å². The third-order valence-corrected chi connectivity index (χ3v) is 9.02. The van der Waals surface area contributed by atoms with E-state index in [0.717, 1.165) is 0 Å². The van der Waals surface area contributed by atoms with Crippen molar-refractivity contribution in [3.8, 4) is 0 Å². The smallest absolute Gasteiger partial charge is 0.255 e. The lowest BCUT2D eigenvalue weighted by Crippen LogP contribution is -2.27. The number of anilines is 2. The highest BCUT2D eigenvalue weighted by atomic mass is 35.5. The normalized spacial score (nSPS) is 14.8. The lowest BCUT2D eigenvalue weighted by Gasteiger charge is -2.19. The number of halogens is 9. The Labute approximate surface area is 284 Å². The highest BCUT2D eigenvalue weighted by Gasteiger charge is 2.24. The zero-order chi connectivity index (χ0) is 30.9. The summed E-state index contributed by atoms with van der Waals surface area (Å²) in [5.41, 5.74) is 0.397. The molecule has 1 unspecified atom stereocenters. The molecular formula is C27H14Cl9N3O3. The van der Waals surface area contributed by atoms with Gasteiger partial charge in [0.1, 0.15) is 0 Å². The topological polar surface area (TPSA) is 87.3 Å². The molecule has 3 amide bonds. The first-order chi connectivity index (χ1) is 19.7. The summed E-state index contributed by atoms with van der Waals surface area (Å²) in [5.74, 6) is -2.10. The second-order valence-corrected chi connectivity index (χ2v) is 12.5. The molecule has 1 aliphatic carbocycles. The van der Waals surface area contributed by atoms with Gasteiger partial charge in [0.2, 0.25) is 0 Å². The van der Waals surface area contributed by atoms with Gasteiger partial charge in [-0.1, -0.05) is 92.8 Å². The molecule has 0 heterocycles. The third kappa shape index (κ3) is 7.81. The van der Waals surface area contributed by atoms with Gasteiger partial charge in [-0.25, -0.2) is 0 Å². The van der Waals surface area contributed by atoms with E-state index in [0.29, 0.717) is 10.7 Å². The van der Waals surface area contributed by atoms with Crippen molar-refractivity contribution in [3.05, 3.63) is 111 Å². The van der Waals surface area contributed by atoms with Gasteiger partial charge in [0.05, 0.1) is 51.9 Å². The van der Waals surface area contributed by atoms with Crippen LogP contribution in [0.15, 0.2) is 64.3 Å². The van der Waals surface area contributed by atoms with Crippen LogP contribution in [-0.2, 0) is 0 Å². The van der Waals surface area contributed by atoms with Crippen molar-refractivity contribution in [2.45, 2.75) is 11.8 Å². The third-order valence-electron chi connectivity index (χ3n) is 5.74. The Morgan fingerprint density at radius 1 is 0.548 bits per heavy atom. The zero-order valence-corrected chi connectivity index (χ0v) is 27.3. The fraction of sp³-hybridized carbons (Fsp3) is 0.0741. The lowest BCUT2D eigenvalue weighted by atomic mass is 10.0. The first-order valence-corrected chi connectivity index (χ1v) is 15.0. The summed E-state index contributed by atoms with van der Waals surface area (Å²) in [5, 5.41) is 8.64. The van der Waals surface area contributed by atoms with Crippen LogP contribution < -0.4 is 16.0 Å². The molecule has 0 aromatic heterocycles. The summed E-state index contributed by atoms with van der Waals surface area (Å²) in [7, 11) is 0. The monoisotopic (exact) mass is 743 g/mol. The van der Waals surface area contributed by atoms with E-state index < -0.39 is 23.1 Å². The van der Waals surface area contributed by atoms with Gasteiger partial charge in [0.25, 0.3) is 17.7 Å². The number of benzene rings is 3. The van der Waals surface area contributed by atoms with Crippen molar-refractivity contribution in [2.75, 3.05) is 10.6 Å². The van der Waals surface area contributed by atoms with Crippen molar-refractivity contribution in [1.82, 2.24) is 5.32 Å². The number of carbonyl (C=O) groups is 3. The van der Waals surface area contributed by atoms with Gasteiger partial charge in [-0.15, -0.1) is 11.6 Å². The van der Waals surface area contributed by atoms with Crippen molar-refractivity contribution in [1.29, 1.82) is 0 Å². The lowest BCUT2D eigenvalue weighted by molar-refractivity contribution is 0.0964. The number of carbonyl (C=O) groups excluding carboxylic acids is 3. The van der Waals surface area contributed by atoms with E-state index in [9.17, 15) is 14.4 Å². The molecule has 42 heavy (non-hydrogen) atoms. The predicted molar refractivity (Wildman–Crippen MR) is 174 cm³/mol. The van der Waals surface area contributed by atoms with Gasteiger partial charge < -0.3 is 16.0 Å². The van der Waals surface area contributed by atoms with Crippen molar-refractivity contribution in [2.24, 2.45) is 0 Å². The molecule has 4 rings (SSSR count). The predicted octanol–water partition coefficient (Wildman–Crippen LogP) is 10.4. The Hall–Kier alpha value is -1.84. The van der Waals surface area contributed by atoms with E-state index in [1.807, 2.05) is 0 Å². The van der Waals surface area contributed by atoms with Crippen LogP contribution in [0.25, 0.3) is 0 Å². The largest absolute Gasteiger partial charge is 0.324 e. The fourth-order valence-electron chi connectivity index (χ4n) is 3.64. The minimum absolute atomic E-state index is 0.0583. The SMILES string of the molecule is O=C(NC1=C(Cl)C=C(Cl)C(Cl)C1)c1cc(C(=O)Nc2cc(Cl)c(Cl)cc2Cl)cc(C(=O)Nc2cc(Cl)c(Cl)cc2Cl)c1. The van der Waals surface area contributed by atoms with Gasteiger partial charge in [-0.2, -0.15) is 0 Å². The second-order valence-electron chi connectivity index (χ2n) is 8.68. The summed E-state index contributed by atoms with van der Waals surface area (Å²) in [6.07, 6.45) is 1.56. The maximum atomic E-state index is 13.3. The molecular weight excluding hydrogens is 733 g/mol. The number of rotatable bonds is 6. The average Bonchev–Trinajstić information content (AvgIpc) is 2.92. The van der Waals surface area contributed by atoms with Crippen LogP contribution in [0.4, 0.5) is 11.4 Å². The van der Waals surface area contributed by atoms with E-state index in [1.54, 1.807) is 0 Å². The minimum Gasteiger partial charge on any atom is -0.324 e. The first kappa shape index (κ1) is 33.1. The minimum atomic E-state index is -0.711. The Morgan fingerprint density at radius 3 is 1.36 bits per heavy atom. The molecule has 1 atom stereocenters. The Kier molecular flexibility index (Phi) is 10.9. The fourth-order valence-corrected chi connectivity index (χ4v) is 5.53. The quantitative estimate of drug-likeness (QED) is 0.173. The maximum Gasteiger partial charge on any atom is 0.255 e. The van der Waals surface area contributed by atoms with Gasteiger partial charge in [0, 0.05) is 33.8 Å². The average molecular weight is 748 g/mol. The number of nitrogens with one attached hydrogen (secondary N) is 3. The van der Waals surface area contributed by atoms with Crippen LogP contribution >= 0.6 is 104 Å². The Bertz CT molecular complexity index is 1620. The van der Waals surface area contributed by atoms with Crippen molar-refractivity contribution in [3.63, 3.8) is 0 Å². The van der Waals surface area contributed by atoms with E-state index in [4.69, 9.17) is 104 Å². The molecule has 0 radical (unpaired) electrons. The van der Waals surface area contributed by atoms with E-state index in [1.165, 1.54) is 48.5 Å². The maximum absolute atomic E-state index is 13.3. The van der Waals surface area contributed by atoms with E-state index >= 15 is 0 Å². The van der Waals surface area contributed by atoms with Crippen molar-refractivity contribution >= 4 is 134 Å². The van der Waals surface area contributed by atoms with Gasteiger partial charge in [-0.05, 0) is 48.5 Å². The van der Waals surface area contributed by atoms with Crippen LogP contribution in [0, 0.1) is 0 Å². The molecule has 0 fully saturated rings. The molecule has 0 aliphatic heterocycles. The molecule has 3 aromatic rings. The molecule has 1 aliphatic rings. The van der Waals surface area contributed by atoms with E-state index in [-0.39, 0.29) is 69.7 Å². The van der Waals surface area contributed by atoms with Gasteiger partial charge in [-0.3, -0.25) is 14.4 Å². The van der Waals surface area contributed by atoms with Gasteiger partial charge in [0.15, 0.2) is 0 Å². The highest BCUT2D eigenvalue weighted by molar-refractivity contribution is 6.45. The summed E-state index contributed by atoms with van der Waals surface area (Å²) < 4.78 is 0. The molecule has 0 saturated carbocycles. The van der Waals surface area contributed by atoms with Crippen LogP contribution in [-0.4, -0.2) is 23.1 Å².